The first-order valence-corrected chi connectivity index (χ1v) is 8.35. The predicted molar refractivity (Wildman–Crippen MR) is 91.7 cm³/mol. The van der Waals surface area contributed by atoms with Crippen LogP contribution in [0.4, 0.5) is 0 Å². The van der Waals surface area contributed by atoms with Crippen molar-refractivity contribution in [3.63, 3.8) is 0 Å². The van der Waals surface area contributed by atoms with Crippen LogP contribution in [0.1, 0.15) is 37.0 Å². The van der Waals surface area contributed by atoms with Crippen LogP contribution in [-0.2, 0) is 6.42 Å². The van der Waals surface area contributed by atoms with E-state index in [1.165, 1.54) is 0 Å². The molecule has 1 aromatic carbocycles. The highest BCUT2D eigenvalue weighted by Gasteiger charge is 2.19. The summed E-state index contributed by atoms with van der Waals surface area (Å²) in [6.45, 7) is 9.60. The zero-order valence-corrected chi connectivity index (χ0v) is 14.5. The molecule has 0 unspecified atom stereocenters. The number of nitrogens with zero attached hydrogens (tertiary/aromatic N) is 3. The fourth-order valence-electron chi connectivity index (χ4n) is 2.71. The van der Waals surface area contributed by atoms with Gasteiger partial charge in [-0.2, -0.15) is 4.98 Å². The first-order valence-electron chi connectivity index (χ1n) is 8.35. The van der Waals surface area contributed by atoms with E-state index >= 15 is 0 Å². The van der Waals surface area contributed by atoms with Gasteiger partial charge in [-0.1, -0.05) is 38.1 Å². The average Bonchev–Trinajstić information content (AvgIpc) is 3.01. The molecule has 0 aliphatic carbocycles. The number of hydrogen-bond acceptors (Lipinski definition) is 5. The highest BCUT2D eigenvalue weighted by atomic mass is 16.5. The molecule has 6 nitrogen and oxygen atoms in total. The van der Waals surface area contributed by atoms with E-state index < -0.39 is 0 Å². The first kappa shape index (κ1) is 16.6. The second kappa shape index (κ2) is 6.73. The summed E-state index contributed by atoms with van der Waals surface area (Å²) in [5, 5.41) is 7.29. The molecule has 1 amide bonds. The minimum atomic E-state index is 0.0737. The Morgan fingerprint density at radius 3 is 2.50 bits per heavy atom. The lowest BCUT2D eigenvalue weighted by Gasteiger charge is -2.27. The second-order valence-electron chi connectivity index (χ2n) is 7.37. The lowest BCUT2D eigenvalue weighted by Crippen LogP contribution is -2.46. The zero-order chi connectivity index (χ0) is 17.2. The number of piperazine rings is 1. The lowest BCUT2D eigenvalue weighted by atomic mass is 9.92. The van der Waals surface area contributed by atoms with Crippen LogP contribution in [0.2, 0.25) is 0 Å². The molecule has 3 rings (SSSR count). The van der Waals surface area contributed by atoms with Gasteiger partial charge in [-0.3, -0.25) is 4.79 Å². The van der Waals surface area contributed by atoms with Gasteiger partial charge < -0.3 is 14.7 Å². The predicted octanol–water partition coefficient (Wildman–Crippen LogP) is 2.37. The number of benzene rings is 1. The van der Waals surface area contributed by atoms with Gasteiger partial charge in [-0.15, -0.1) is 0 Å². The lowest BCUT2D eigenvalue weighted by molar-refractivity contribution is 0.0736. The maximum Gasteiger partial charge on any atom is 0.253 e. The van der Waals surface area contributed by atoms with E-state index in [-0.39, 0.29) is 11.3 Å². The molecule has 1 N–H and O–H groups in total. The molecule has 0 atom stereocenters. The monoisotopic (exact) mass is 328 g/mol. The topological polar surface area (TPSA) is 71.3 Å². The summed E-state index contributed by atoms with van der Waals surface area (Å²) in [4.78, 5) is 18.8. The number of carbonyl (C=O) groups is 1. The van der Waals surface area contributed by atoms with Crippen molar-refractivity contribution in [3.05, 3.63) is 35.7 Å². The molecule has 0 radical (unpaired) electrons. The standard InChI is InChI=1S/C18H24N4O2/c1-18(2,3)12-15-20-16(21-24-15)13-4-6-14(7-5-13)17(23)22-10-8-19-9-11-22/h4-7,19H,8-12H2,1-3H3. The molecule has 0 saturated carbocycles. The number of aromatic nitrogens is 2. The smallest absolute Gasteiger partial charge is 0.253 e. The van der Waals surface area contributed by atoms with Crippen LogP contribution < -0.4 is 5.32 Å². The average molecular weight is 328 g/mol. The molecule has 0 spiro atoms. The Labute approximate surface area is 142 Å². The summed E-state index contributed by atoms with van der Waals surface area (Å²) in [5.41, 5.74) is 1.65. The largest absolute Gasteiger partial charge is 0.339 e. The SMILES string of the molecule is CC(C)(C)Cc1nc(-c2ccc(C(=O)N3CCNCC3)cc2)no1. The van der Waals surface area contributed by atoms with Gasteiger partial charge >= 0.3 is 0 Å². The molecular formula is C18H24N4O2. The van der Waals surface area contributed by atoms with Gasteiger partial charge in [0, 0.05) is 43.7 Å². The van der Waals surface area contributed by atoms with E-state index in [0.29, 0.717) is 17.3 Å². The molecule has 1 saturated heterocycles. The Bertz CT molecular complexity index is 695. The quantitative estimate of drug-likeness (QED) is 0.936. The Morgan fingerprint density at radius 1 is 1.21 bits per heavy atom. The van der Waals surface area contributed by atoms with Crippen LogP contribution in [0.3, 0.4) is 0 Å². The summed E-state index contributed by atoms with van der Waals surface area (Å²) >= 11 is 0. The summed E-state index contributed by atoms with van der Waals surface area (Å²) in [5.74, 6) is 1.28. The molecule has 0 bridgehead atoms. The van der Waals surface area contributed by atoms with E-state index in [4.69, 9.17) is 4.52 Å². The third-order valence-electron chi connectivity index (χ3n) is 3.94. The van der Waals surface area contributed by atoms with E-state index in [2.05, 4.69) is 36.2 Å². The van der Waals surface area contributed by atoms with Crippen molar-refractivity contribution in [3.8, 4) is 11.4 Å². The van der Waals surface area contributed by atoms with Crippen molar-refractivity contribution in [2.75, 3.05) is 26.2 Å². The maximum atomic E-state index is 12.5. The van der Waals surface area contributed by atoms with Crippen molar-refractivity contribution >= 4 is 5.91 Å². The molecule has 24 heavy (non-hydrogen) atoms. The van der Waals surface area contributed by atoms with Crippen LogP contribution in [-0.4, -0.2) is 47.1 Å². The molecule has 1 aliphatic heterocycles. The highest BCUT2D eigenvalue weighted by molar-refractivity contribution is 5.94. The summed E-state index contributed by atoms with van der Waals surface area (Å²) < 4.78 is 5.32. The van der Waals surface area contributed by atoms with Crippen LogP contribution in [0.25, 0.3) is 11.4 Å². The van der Waals surface area contributed by atoms with Crippen molar-refractivity contribution in [2.45, 2.75) is 27.2 Å². The van der Waals surface area contributed by atoms with Crippen LogP contribution in [0.5, 0.6) is 0 Å². The minimum Gasteiger partial charge on any atom is -0.339 e. The fourth-order valence-corrected chi connectivity index (χ4v) is 2.71. The molecule has 6 heteroatoms. The van der Waals surface area contributed by atoms with E-state index in [9.17, 15) is 4.79 Å². The Kier molecular flexibility index (Phi) is 4.66. The first-order chi connectivity index (χ1) is 11.4. The van der Waals surface area contributed by atoms with Gasteiger partial charge in [0.25, 0.3) is 5.91 Å². The third-order valence-corrected chi connectivity index (χ3v) is 3.94. The third kappa shape index (κ3) is 4.00. The normalized spacial score (nSPS) is 15.5. The van der Waals surface area contributed by atoms with E-state index in [0.717, 1.165) is 38.2 Å². The molecule has 2 aromatic rings. The van der Waals surface area contributed by atoms with Crippen LogP contribution in [0.15, 0.2) is 28.8 Å². The second-order valence-corrected chi connectivity index (χ2v) is 7.37. The zero-order valence-electron chi connectivity index (χ0n) is 14.5. The Hall–Kier alpha value is -2.21. The van der Waals surface area contributed by atoms with Gasteiger partial charge in [0.05, 0.1) is 0 Å². The Balaban J connectivity index is 1.71. The minimum absolute atomic E-state index is 0.0737. The molecule has 2 heterocycles. The number of amides is 1. The van der Waals surface area contributed by atoms with Gasteiger partial charge in [0.2, 0.25) is 11.7 Å². The van der Waals surface area contributed by atoms with Gasteiger partial charge in [-0.25, -0.2) is 0 Å². The summed E-state index contributed by atoms with van der Waals surface area (Å²) in [6, 6.07) is 7.42. The molecule has 1 aliphatic rings. The van der Waals surface area contributed by atoms with Gasteiger partial charge in [0.1, 0.15) is 0 Å². The molecule has 1 fully saturated rings. The van der Waals surface area contributed by atoms with Crippen molar-refractivity contribution in [1.29, 1.82) is 0 Å². The van der Waals surface area contributed by atoms with Crippen LogP contribution in [0, 0.1) is 5.41 Å². The van der Waals surface area contributed by atoms with Crippen molar-refractivity contribution in [2.24, 2.45) is 5.41 Å². The highest BCUT2D eigenvalue weighted by Crippen LogP contribution is 2.22. The number of hydrogen-bond donors (Lipinski definition) is 1. The van der Waals surface area contributed by atoms with E-state index in [1.807, 2.05) is 29.2 Å². The summed E-state index contributed by atoms with van der Waals surface area (Å²) in [7, 11) is 0. The molecule has 128 valence electrons. The van der Waals surface area contributed by atoms with Gasteiger partial charge in [0.15, 0.2) is 0 Å². The maximum absolute atomic E-state index is 12.5. The molecular weight excluding hydrogens is 304 g/mol. The fraction of sp³-hybridized carbons (Fsp3) is 0.500. The number of rotatable bonds is 3. The van der Waals surface area contributed by atoms with Crippen LogP contribution >= 0.6 is 0 Å². The van der Waals surface area contributed by atoms with E-state index in [1.54, 1.807) is 0 Å². The van der Waals surface area contributed by atoms with Gasteiger partial charge in [-0.05, 0) is 17.5 Å². The molecule has 1 aromatic heterocycles. The van der Waals surface area contributed by atoms with Crippen molar-refractivity contribution in [1.82, 2.24) is 20.4 Å². The van der Waals surface area contributed by atoms with Crippen molar-refractivity contribution < 1.29 is 9.32 Å². The summed E-state index contributed by atoms with van der Waals surface area (Å²) in [6.07, 6.45) is 0.736. The Morgan fingerprint density at radius 2 is 1.88 bits per heavy atom. The number of carbonyl (C=O) groups excluding carboxylic acids is 1. The number of nitrogens with one attached hydrogen (secondary N) is 1.